The van der Waals surface area contributed by atoms with Crippen LogP contribution in [0.25, 0.3) is 0 Å². The summed E-state index contributed by atoms with van der Waals surface area (Å²) in [6.07, 6.45) is -0.783. The third-order valence-corrected chi connectivity index (χ3v) is 5.71. The fourth-order valence-electron chi connectivity index (χ4n) is 3.53. The largest absolute Gasteiger partial charge is 0.382 e. The van der Waals surface area contributed by atoms with Crippen LogP contribution in [0.4, 0.5) is 13.6 Å². The molecule has 30 heavy (non-hydrogen) atoms. The Balaban J connectivity index is 1.83. The zero-order chi connectivity index (χ0) is 22.2. The third kappa shape index (κ3) is 4.84. The number of alkyl halides is 2. The zero-order valence-electron chi connectivity index (χ0n) is 16.1. The summed E-state index contributed by atoms with van der Waals surface area (Å²) in [5.41, 5.74) is 5.91. The lowest BCUT2D eigenvalue weighted by Crippen LogP contribution is -2.58. The standard InChI is InChI=1S/C19H21Cl2F2N5O2/c1-9-7-28(18(30)27-11-5-19(22,23)6-11)8-14(26-9)15(17(25)29)16(24)10-2-3-12(20)13(21)4-10/h2-4,9,11,24,26H,5-8H2,1H3,(H2,25,29)(H,27,30)/b15-14+,24-16?. The number of carbonyl (C=O) groups is 2. The molecule has 1 saturated carbocycles. The lowest BCUT2D eigenvalue weighted by Gasteiger charge is -2.39. The van der Waals surface area contributed by atoms with Crippen molar-refractivity contribution in [3.63, 3.8) is 0 Å². The molecule has 1 atom stereocenters. The first-order valence-electron chi connectivity index (χ1n) is 9.24. The Morgan fingerprint density at radius 2 is 1.97 bits per heavy atom. The zero-order valence-corrected chi connectivity index (χ0v) is 17.6. The summed E-state index contributed by atoms with van der Waals surface area (Å²) in [6.45, 7) is 2.06. The number of halogens is 4. The van der Waals surface area contributed by atoms with Gasteiger partial charge in [-0.1, -0.05) is 29.3 Å². The highest BCUT2D eigenvalue weighted by Crippen LogP contribution is 2.37. The number of benzene rings is 1. The summed E-state index contributed by atoms with van der Waals surface area (Å²) >= 11 is 11.9. The number of urea groups is 1. The first-order valence-corrected chi connectivity index (χ1v) is 9.99. The van der Waals surface area contributed by atoms with Gasteiger partial charge in [-0.25, -0.2) is 13.6 Å². The van der Waals surface area contributed by atoms with Gasteiger partial charge in [0.1, 0.15) is 0 Å². The molecule has 1 aromatic carbocycles. The minimum Gasteiger partial charge on any atom is -0.382 e. The molecule has 3 rings (SSSR count). The van der Waals surface area contributed by atoms with Gasteiger partial charge < -0.3 is 21.3 Å². The van der Waals surface area contributed by atoms with Crippen LogP contribution >= 0.6 is 23.2 Å². The first kappa shape index (κ1) is 22.3. The Labute approximate surface area is 182 Å². The number of hydrogen-bond acceptors (Lipinski definition) is 4. The van der Waals surface area contributed by atoms with Crippen LogP contribution in [0.2, 0.25) is 10.0 Å². The van der Waals surface area contributed by atoms with Gasteiger partial charge in [-0.05, 0) is 19.1 Å². The fraction of sp³-hybridized carbons (Fsp3) is 0.421. The third-order valence-electron chi connectivity index (χ3n) is 4.98. The number of rotatable bonds is 4. The highest BCUT2D eigenvalue weighted by molar-refractivity contribution is 6.42. The number of nitrogens with two attached hydrogens (primary N) is 1. The molecule has 1 aliphatic carbocycles. The molecule has 2 aliphatic rings. The van der Waals surface area contributed by atoms with E-state index >= 15 is 0 Å². The molecule has 5 N–H and O–H groups in total. The normalized spacial score (nSPS) is 22.6. The summed E-state index contributed by atoms with van der Waals surface area (Å²) < 4.78 is 26.1. The molecule has 11 heteroatoms. The van der Waals surface area contributed by atoms with Gasteiger partial charge in [0.2, 0.25) is 0 Å². The van der Waals surface area contributed by atoms with Gasteiger partial charge in [-0.2, -0.15) is 0 Å². The Kier molecular flexibility index (Phi) is 6.24. The Morgan fingerprint density at radius 3 is 2.53 bits per heavy atom. The molecule has 1 aliphatic heterocycles. The molecular weight excluding hydrogens is 439 g/mol. The van der Waals surface area contributed by atoms with Gasteiger partial charge in [0, 0.05) is 42.7 Å². The molecule has 1 saturated heterocycles. The number of piperazine rings is 1. The van der Waals surface area contributed by atoms with Crippen molar-refractivity contribution in [1.82, 2.24) is 15.5 Å². The fourth-order valence-corrected chi connectivity index (χ4v) is 3.83. The van der Waals surface area contributed by atoms with E-state index in [4.69, 9.17) is 34.3 Å². The molecule has 1 aromatic rings. The van der Waals surface area contributed by atoms with Gasteiger partial charge in [-0.3, -0.25) is 10.2 Å². The maximum absolute atomic E-state index is 13.0. The summed E-state index contributed by atoms with van der Waals surface area (Å²) in [7, 11) is 0. The summed E-state index contributed by atoms with van der Waals surface area (Å²) in [5.74, 6) is -3.59. The molecule has 0 aromatic heterocycles. The van der Waals surface area contributed by atoms with Crippen LogP contribution in [0.5, 0.6) is 0 Å². The van der Waals surface area contributed by atoms with E-state index < -0.39 is 36.7 Å². The molecule has 0 spiro atoms. The minimum atomic E-state index is -2.74. The van der Waals surface area contributed by atoms with Crippen LogP contribution in [-0.2, 0) is 4.79 Å². The lowest BCUT2D eigenvalue weighted by molar-refractivity contribution is -0.114. The number of nitrogens with one attached hydrogen (secondary N) is 3. The van der Waals surface area contributed by atoms with Gasteiger partial charge in [-0.15, -0.1) is 0 Å². The summed E-state index contributed by atoms with van der Waals surface area (Å²) in [4.78, 5) is 26.1. The van der Waals surface area contributed by atoms with E-state index in [9.17, 15) is 18.4 Å². The number of amides is 3. The van der Waals surface area contributed by atoms with Crippen LogP contribution in [0.1, 0.15) is 25.3 Å². The average Bonchev–Trinajstić information content (AvgIpc) is 2.61. The lowest BCUT2D eigenvalue weighted by atomic mass is 9.88. The number of hydrogen-bond donors (Lipinski definition) is 4. The predicted molar refractivity (Wildman–Crippen MR) is 110 cm³/mol. The maximum atomic E-state index is 13.0. The molecule has 162 valence electrons. The van der Waals surface area contributed by atoms with E-state index in [-0.39, 0.29) is 28.9 Å². The van der Waals surface area contributed by atoms with E-state index in [0.29, 0.717) is 22.8 Å². The second kappa shape index (κ2) is 8.39. The molecule has 7 nitrogen and oxygen atoms in total. The van der Waals surface area contributed by atoms with E-state index in [2.05, 4.69) is 10.6 Å². The van der Waals surface area contributed by atoms with Crippen LogP contribution in [0.3, 0.4) is 0 Å². The van der Waals surface area contributed by atoms with Crippen LogP contribution in [0.15, 0.2) is 29.5 Å². The molecule has 3 amide bonds. The van der Waals surface area contributed by atoms with Gasteiger partial charge >= 0.3 is 6.03 Å². The highest BCUT2D eigenvalue weighted by atomic mass is 35.5. The highest BCUT2D eigenvalue weighted by Gasteiger charge is 2.46. The SMILES string of the molecule is CC1CN(C(=O)NC2CC(F)(F)C2)C/C(=C(/C(=N)c2ccc(Cl)c(Cl)c2)C(N)=O)N1. The average molecular weight is 460 g/mol. The van der Waals surface area contributed by atoms with E-state index in [0.717, 1.165) is 0 Å². The van der Waals surface area contributed by atoms with Crippen LogP contribution < -0.4 is 16.4 Å². The quantitative estimate of drug-likeness (QED) is 0.410. The van der Waals surface area contributed by atoms with Crippen molar-refractivity contribution in [1.29, 1.82) is 5.41 Å². The van der Waals surface area contributed by atoms with Crippen LogP contribution in [0, 0.1) is 5.41 Å². The smallest absolute Gasteiger partial charge is 0.318 e. The second-order valence-electron chi connectivity index (χ2n) is 7.56. The Hall–Kier alpha value is -2.39. The Morgan fingerprint density at radius 1 is 1.30 bits per heavy atom. The van der Waals surface area contributed by atoms with Crippen molar-refractivity contribution < 1.29 is 18.4 Å². The van der Waals surface area contributed by atoms with Crippen LogP contribution in [-0.4, -0.2) is 53.6 Å². The van der Waals surface area contributed by atoms with Crippen molar-refractivity contribution in [2.24, 2.45) is 5.73 Å². The number of nitrogens with zero attached hydrogens (tertiary/aromatic N) is 1. The van der Waals surface area contributed by atoms with Crippen molar-refractivity contribution in [3.05, 3.63) is 45.1 Å². The van der Waals surface area contributed by atoms with E-state index in [1.807, 2.05) is 0 Å². The molecular formula is C19H21Cl2F2N5O2. The molecule has 0 radical (unpaired) electrons. The molecule has 1 heterocycles. The molecule has 2 fully saturated rings. The van der Waals surface area contributed by atoms with Crippen molar-refractivity contribution in [2.45, 2.75) is 37.8 Å². The number of carbonyl (C=O) groups excluding carboxylic acids is 2. The van der Waals surface area contributed by atoms with Crippen molar-refractivity contribution >= 4 is 40.9 Å². The summed E-state index contributed by atoms with van der Waals surface area (Å²) in [6, 6.07) is 3.14. The molecule has 0 bridgehead atoms. The van der Waals surface area contributed by atoms with Gasteiger partial charge in [0.25, 0.3) is 11.8 Å². The minimum absolute atomic E-state index is 0.0265. The predicted octanol–water partition coefficient (Wildman–Crippen LogP) is 2.90. The monoisotopic (exact) mass is 459 g/mol. The second-order valence-corrected chi connectivity index (χ2v) is 8.37. The first-order chi connectivity index (χ1) is 14.0. The van der Waals surface area contributed by atoms with Crippen molar-refractivity contribution in [3.8, 4) is 0 Å². The Bertz CT molecular complexity index is 929. The topological polar surface area (TPSA) is 111 Å². The van der Waals surface area contributed by atoms with E-state index in [1.165, 1.54) is 23.1 Å². The summed E-state index contributed by atoms with van der Waals surface area (Å²) in [5, 5.41) is 14.6. The number of primary amides is 1. The van der Waals surface area contributed by atoms with Gasteiger partial charge in [0.05, 0.1) is 27.9 Å². The van der Waals surface area contributed by atoms with Crippen molar-refractivity contribution in [2.75, 3.05) is 13.1 Å². The van der Waals surface area contributed by atoms with E-state index in [1.54, 1.807) is 6.92 Å². The maximum Gasteiger partial charge on any atom is 0.318 e. The van der Waals surface area contributed by atoms with Gasteiger partial charge in [0.15, 0.2) is 0 Å². The molecule has 1 unspecified atom stereocenters.